The summed E-state index contributed by atoms with van der Waals surface area (Å²) in [5, 5.41) is 16.0. The Balaban J connectivity index is 0. The van der Waals surface area contributed by atoms with Crippen LogP contribution < -0.4 is 0 Å². The Bertz CT molecular complexity index is 179. The molecule has 0 bridgehead atoms. The molecule has 3 nitrogen and oxygen atoms in total. The fourth-order valence-electron chi connectivity index (χ4n) is 2.20. The maximum Gasteiger partial charge on any atom is 0.0742 e. The molecule has 0 amide bonds. The molecule has 0 rings (SSSR count). The number of ether oxygens (including phenoxy) is 1. The molecule has 0 aliphatic rings. The average molecular weight is 319 g/mol. The van der Waals surface area contributed by atoms with E-state index in [0.717, 1.165) is 25.0 Å². The molecule has 0 aromatic heterocycles. The van der Waals surface area contributed by atoms with Gasteiger partial charge in [0, 0.05) is 13.2 Å². The van der Waals surface area contributed by atoms with Gasteiger partial charge < -0.3 is 14.9 Å². The Morgan fingerprint density at radius 1 is 0.818 bits per heavy atom. The van der Waals surface area contributed by atoms with Gasteiger partial charge in [0.1, 0.15) is 0 Å². The number of aliphatic hydroxyl groups is 2. The highest BCUT2D eigenvalue weighted by Crippen LogP contribution is 2.16. The zero-order chi connectivity index (χ0) is 17.2. The van der Waals surface area contributed by atoms with Crippen LogP contribution in [0.2, 0.25) is 0 Å². The second-order valence-corrected chi connectivity index (χ2v) is 6.40. The third-order valence-electron chi connectivity index (χ3n) is 4.06. The molecule has 0 aromatic rings. The number of rotatable bonds is 13. The van der Waals surface area contributed by atoms with Gasteiger partial charge in [-0.3, -0.25) is 0 Å². The Hall–Kier alpha value is -0.120. The van der Waals surface area contributed by atoms with Crippen molar-refractivity contribution in [1.29, 1.82) is 0 Å². The highest BCUT2D eigenvalue weighted by molar-refractivity contribution is 4.59. The molecule has 0 fully saturated rings. The largest absolute Gasteiger partial charge is 0.394 e. The standard InChI is InChI=1S/C16H34O.C3H8O2/c1-5-9-11-15(7-3)13-17-14-16(8-4)12-10-6-2;1-3(5)2-4/h15-16H,5-14H2,1-4H3;3-5H,2H2,1H3. The van der Waals surface area contributed by atoms with Crippen LogP contribution in [-0.4, -0.2) is 36.1 Å². The van der Waals surface area contributed by atoms with Crippen LogP contribution in [-0.2, 0) is 4.74 Å². The predicted octanol–water partition coefficient (Wildman–Crippen LogP) is 4.80. The Labute approximate surface area is 139 Å². The molecule has 22 heavy (non-hydrogen) atoms. The van der Waals surface area contributed by atoms with Crippen molar-refractivity contribution in [2.75, 3.05) is 19.8 Å². The van der Waals surface area contributed by atoms with Gasteiger partial charge in [-0.2, -0.15) is 0 Å². The van der Waals surface area contributed by atoms with Crippen molar-refractivity contribution in [3.63, 3.8) is 0 Å². The quantitative estimate of drug-likeness (QED) is 0.513. The fraction of sp³-hybridized carbons (Fsp3) is 1.00. The van der Waals surface area contributed by atoms with E-state index in [1.165, 1.54) is 58.3 Å². The van der Waals surface area contributed by atoms with Gasteiger partial charge in [0.25, 0.3) is 0 Å². The fourth-order valence-corrected chi connectivity index (χ4v) is 2.20. The summed E-state index contributed by atoms with van der Waals surface area (Å²) in [4.78, 5) is 0. The Morgan fingerprint density at radius 3 is 1.41 bits per heavy atom. The summed E-state index contributed by atoms with van der Waals surface area (Å²) in [6.45, 7) is 12.5. The van der Waals surface area contributed by atoms with Gasteiger partial charge in [0.2, 0.25) is 0 Å². The summed E-state index contributed by atoms with van der Waals surface area (Å²) in [5.41, 5.74) is 0. The van der Waals surface area contributed by atoms with Gasteiger partial charge in [-0.25, -0.2) is 0 Å². The minimum Gasteiger partial charge on any atom is -0.394 e. The zero-order valence-corrected chi connectivity index (χ0v) is 15.8. The van der Waals surface area contributed by atoms with Crippen LogP contribution in [0.4, 0.5) is 0 Å². The number of unbranched alkanes of at least 4 members (excludes halogenated alkanes) is 2. The van der Waals surface area contributed by atoms with Crippen molar-refractivity contribution in [3.8, 4) is 0 Å². The van der Waals surface area contributed by atoms with Crippen molar-refractivity contribution in [3.05, 3.63) is 0 Å². The third kappa shape index (κ3) is 17.9. The van der Waals surface area contributed by atoms with E-state index in [2.05, 4.69) is 27.7 Å². The lowest BCUT2D eigenvalue weighted by molar-refractivity contribution is 0.0630. The van der Waals surface area contributed by atoms with Crippen LogP contribution in [0.3, 0.4) is 0 Å². The monoisotopic (exact) mass is 318 g/mol. The number of hydrogen-bond acceptors (Lipinski definition) is 3. The molecule has 0 aliphatic heterocycles. The molecular weight excluding hydrogens is 276 g/mol. The lowest BCUT2D eigenvalue weighted by Crippen LogP contribution is -2.14. The van der Waals surface area contributed by atoms with E-state index in [4.69, 9.17) is 14.9 Å². The van der Waals surface area contributed by atoms with Gasteiger partial charge in [-0.1, -0.05) is 66.2 Å². The number of aliphatic hydroxyl groups excluding tert-OH is 2. The zero-order valence-electron chi connectivity index (χ0n) is 15.8. The van der Waals surface area contributed by atoms with Crippen LogP contribution >= 0.6 is 0 Å². The molecule has 0 radical (unpaired) electrons. The first-order valence-corrected chi connectivity index (χ1v) is 9.42. The van der Waals surface area contributed by atoms with Crippen LogP contribution in [0.25, 0.3) is 0 Å². The minimum absolute atomic E-state index is 0.139. The molecule has 0 spiro atoms. The first-order valence-electron chi connectivity index (χ1n) is 9.42. The first kappa shape index (κ1) is 24.1. The summed E-state index contributed by atoms with van der Waals surface area (Å²) in [6.07, 6.45) is 10.0. The van der Waals surface area contributed by atoms with Crippen molar-refractivity contribution in [1.82, 2.24) is 0 Å². The Kier molecular flexibility index (Phi) is 20.8. The van der Waals surface area contributed by atoms with E-state index in [1.54, 1.807) is 0 Å². The maximum absolute atomic E-state index is 8.11. The number of hydrogen-bond donors (Lipinski definition) is 2. The van der Waals surface area contributed by atoms with Crippen molar-refractivity contribution in [2.45, 2.75) is 92.1 Å². The summed E-state index contributed by atoms with van der Waals surface area (Å²) in [6, 6.07) is 0. The van der Waals surface area contributed by atoms with Crippen LogP contribution in [0, 0.1) is 11.8 Å². The molecule has 0 aliphatic carbocycles. The highest BCUT2D eigenvalue weighted by atomic mass is 16.5. The van der Waals surface area contributed by atoms with Crippen molar-refractivity contribution in [2.24, 2.45) is 11.8 Å². The predicted molar refractivity (Wildman–Crippen MR) is 96.2 cm³/mol. The lowest BCUT2D eigenvalue weighted by Gasteiger charge is -2.18. The van der Waals surface area contributed by atoms with E-state index in [9.17, 15) is 0 Å². The van der Waals surface area contributed by atoms with E-state index < -0.39 is 6.10 Å². The van der Waals surface area contributed by atoms with Gasteiger partial charge in [0.15, 0.2) is 0 Å². The highest BCUT2D eigenvalue weighted by Gasteiger charge is 2.09. The molecule has 3 unspecified atom stereocenters. The SMILES string of the molecule is CC(O)CO.CCCCC(CC)COCC(CC)CCCC. The van der Waals surface area contributed by atoms with E-state index >= 15 is 0 Å². The molecule has 0 heterocycles. The second kappa shape index (κ2) is 18.9. The molecule has 0 aromatic carbocycles. The lowest BCUT2D eigenvalue weighted by atomic mass is 9.99. The second-order valence-electron chi connectivity index (χ2n) is 6.40. The van der Waals surface area contributed by atoms with E-state index in [-0.39, 0.29) is 6.61 Å². The van der Waals surface area contributed by atoms with Crippen molar-refractivity contribution < 1.29 is 14.9 Å². The van der Waals surface area contributed by atoms with E-state index in [0.29, 0.717) is 0 Å². The molecule has 0 saturated carbocycles. The van der Waals surface area contributed by atoms with Gasteiger partial charge in [-0.15, -0.1) is 0 Å². The van der Waals surface area contributed by atoms with Crippen LogP contribution in [0.15, 0.2) is 0 Å². The normalized spacial score (nSPS) is 14.9. The molecule has 3 atom stereocenters. The molecule has 136 valence electrons. The van der Waals surface area contributed by atoms with Gasteiger partial charge in [-0.05, 0) is 31.6 Å². The summed E-state index contributed by atoms with van der Waals surface area (Å²) >= 11 is 0. The van der Waals surface area contributed by atoms with Crippen LogP contribution in [0.1, 0.15) is 86.0 Å². The average Bonchev–Trinajstić information content (AvgIpc) is 2.54. The molecule has 2 N–H and O–H groups in total. The topological polar surface area (TPSA) is 49.7 Å². The smallest absolute Gasteiger partial charge is 0.0742 e. The third-order valence-corrected chi connectivity index (χ3v) is 4.06. The van der Waals surface area contributed by atoms with Crippen LogP contribution in [0.5, 0.6) is 0 Å². The van der Waals surface area contributed by atoms with Gasteiger partial charge >= 0.3 is 0 Å². The molecule has 3 heteroatoms. The van der Waals surface area contributed by atoms with Gasteiger partial charge in [0.05, 0.1) is 12.7 Å². The Morgan fingerprint density at radius 2 is 1.18 bits per heavy atom. The van der Waals surface area contributed by atoms with E-state index in [1.807, 2.05) is 0 Å². The minimum atomic E-state index is -0.560. The summed E-state index contributed by atoms with van der Waals surface area (Å²) < 4.78 is 5.93. The maximum atomic E-state index is 8.11. The van der Waals surface area contributed by atoms with Crippen molar-refractivity contribution >= 4 is 0 Å². The molecule has 0 saturated heterocycles. The molecular formula is C19H42O3. The summed E-state index contributed by atoms with van der Waals surface area (Å²) in [7, 11) is 0. The summed E-state index contributed by atoms with van der Waals surface area (Å²) in [5.74, 6) is 1.58. The first-order chi connectivity index (χ1) is 10.5.